The summed E-state index contributed by atoms with van der Waals surface area (Å²) in [4.78, 5) is 12.8. The monoisotopic (exact) mass is 440 g/mol. The lowest BCUT2D eigenvalue weighted by molar-refractivity contribution is 0.102. The van der Waals surface area contributed by atoms with Crippen molar-refractivity contribution < 1.29 is 17.9 Å². The van der Waals surface area contributed by atoms with Crippen LogP contribution >= 0.6 is 0 Å². The Morgan fingerprint density at radius 1 is 1.16 bits per heavy atom. The Kier molecular flexibility index (Phi) is 5.21. The van der Waals surface area contributed by atoms with Gasteiger partial charge in [-0.15, -0.1) is 0 Å². The molecule has 4 rings (SSSR count). The molecule has 2 heterocycles. The highest BCUT2D eigenvalue weighted by atomic mass is 32.2. The minimum absolute atomic E-state index is 0.0210. The number of ether oxygens (including phenoxy) is 1. The summed E-state index contributed by atoms with van der Waals surface area (Å²) in [6, 6.07) is 10.7. The van der Waals surface area contributed by atoms with Crippen molar-refractivity contribution in [3.8, 4) is 11.5 Å². The van der Waals surface area contributed by atoms with Gasteiger partial charge in [-0.05, 0) is 43.3 Å². The second-order valence-corrected chi connectivity index (χ2v) is 8.40. The van der Waals surface area contributed by atoms with Crippen molar-refractivity contribution in [3.05, 3.63) is 60.4 Å². The lowest BCUT2D eigenvalue weighted by atomic mass is 10.1. The van der Waals surface area contributed by atoms with E-state index in [0.717, 1.165) is 0 Å². The van der Waals surface area contributed by atoms with Gasteiger partial charge < -0.3 is 10.1 Å². The van der Waals surface area contributed by atoms with Crippen LogP contribution in [0.3, 0.4) is 0 Å². The van der Waals surface area contributed by atoms with Crippen LogP contribution < -0.4 is 15.2 Å². The Morgan fingerprint density at radius 2 is 1.90 bits per heavy atom. The third-order valence-electron chi connectivity index (χ3n) is 4.56. The van der Waals surface area contributed by atoms with E-state index in [0.29, 0.717) is 40.3 Å². The normalized spacial score (nSPS) is 11.6. The van der Waals surface area contributed by atoms with E-state index in [1.54, 1.807) is 40.8 Å². The van der Waals surface area contributed by atoms with Gasteiger partial charge in [0.1, 0.15) is 11.5 Å². The van der Waals surface area contributed by atoms with E-state index in [-0.39, 0.29) is 10.8 Å². The summed E-state index contributed by atoms with van der Waals surface area (Å²) < 4.78 is 32.2. The number of nitrogens with two attached hydrogens (primary N) is 1. The number of fused-ring (bicyclic) bond motifs is 1. The first kappa shape index (κ1) is 20.6. The molecule has 0 saturated heterocycles. The molecule has 2 aromatic carbocycles. The second-order valence-electron chi connectivity index (χ2n) is 6.84. The molecule has 0 bridgehead atoms. The van der Waals surface area contributed by atoms with Gasteiger partial charge >= 0.3 is 0 Å². The van der Waals surface area contributed by atoms with E-state index in [1.807, 2.05) is 13.1 Å². The summed E-state index contributed by atoms with van der Waals surface area (Å²) in [6.07, 6.45) is 3.55. The molecule has 1 amide bonds. The number of anilines is 1. The molecule has 0 atom stereocenters. The maximum atomic E-state index is 12.8. The Hall–Kier alpha value is -3.70. The molecule has 2 aromatic heterocycles. The third kappa shape index (κ3) is 4.42. The van der Waals surface area contributed by atoms with E-state index in [2.05, 4.69) is 15.5 Å². The minimum atomic E-state index is -3.80. The number of amides is 1. The molecule has 0 radical (unpaired) electrons. The number of rotatable bonds is 6. The predicted molar refractivity (Wildman–Crippen MR) is 114 cm³/mol. The standard InChI is InChI=1S/C20H20N6O4S/c1-3-26-12-16-17(23-26)10-13(20(27)22-19-8-9-25(2)24-19)11-18(16)30-14-4-6-15(7-5-14)31(21,28)29/h4-12H,3H2,1-2H3,(H2,21,28,29)(H,22,24,27). The second kappa shape index (κ2) is 7.85. The molecule has 0 aliphatic heterocycles. The summed E-state index contributed by atoms with van der Waals surface area (Å²) in [5, 5.41) is 17.2. The number of aromatic nitrogens is 4. The summed E-state index contributed by atoms with van der Waals surface area (Å²) in [5.41, 5.74) is 0.933. The van der Waals surface area contributed by atoms with Crippen LogP contribution in [0, 0.1) is 0 Å². The van der Waals surface area contributed by atoms with Crippen LogP contribution in [0.5, 0.6) is 11.5 Å². The van der Waals surface area contributed by atoms with Crippen molar-refractivity contribution in [2.45, 2.75) is 18.4 Å². The fourth-order valence-corrected chi connectivity index (χ4v) is 3.53. The van der Waals surface area contributed by atoms with Crippen molar-refractivity contribution in [1.29, 1.82) is 0 Å². The van der Waals surface area contributed by atoms with Crippen molar-refractivity contribution in [2.75, 3.05) is 5.32 Å². The topological polar surface area (TPSA) is 134 Å². The van der Waals surface area contributed by atoms with Crippen LogP contribution in [0.2, 0.25) is 0 Å². The molecule has 10 nitrogen and oxygen atoms in total. The average Bonchev–Trinajstić information content (AvgIpc) is 3.33. The Bertz CT molecular complexity index is 1370. The summed E-state index contributed by atoms with van der Waals surface area (Å²) in [7, 11) is -2.05. The average molecular weight is 440 g/mol. The first-order valence-electron chi connectivity index (χ1n) is 9.36. The Morgan fingerprint density at radius 3 is 2.52 bits per heavy atom. The fraction of sp³-hybridized carbons (Fsp3) is 0.150. The summed E-state index contributed by atoms with van der Waals surface area (Å²) in [5.74, 6) is 0.862. The van der Waals surface area contributed by atoms with Crippen LogP contribution in [-0.2, 0) is 23.6 Å². The van der Waals surface area contributed by atoms with Gasteiger partial charge in [0.15, 0.2) is 5.82 Å². The zero-order chi connectivity index (χ0) is 22.2. The molecule has 31 heavy (non-hydrogen) atoms. The van der Waals surface area contributed by atoms with Crippen molar-refractivity contribution >= 4 is 32.7 Å². The van der Waals surface area contributed by atoms with Crippen LogP contribution in [0.4, 0.5) is 5.82 Å². The number of nitrogens with one attached hydrogen (secondary N) is 1. The highest BCUT2D eigenvalue weighted by Gasteiger charge is 2.16. The molecule has 4 aromatic rings. The molecular formula is C20H20N6O4S. The molecule has 0 saturated carbocycles. The molecule has 0 fully saturated rings. The molecule has 160 valence electrons. The quantitative estimate of drug-likeness (QED) is 0.473. The highest BCUT2D eigenvalue weighted by molar-refractivity contribution is 7.89. The van der Waals surface area contributed by atoms with Gasteiger partial charge in [0, 0.05) is 37.6 Å². The van der Waals surface area contributed by atoms with Crippen LogP contribution in [0.15, 0.2) is 59.8 Å². The lowest BCUT2D eigenvalue weighted by Gasteiger charge is -2.10. The molecule has 0 unspecified atom stereocenters. The van der Waals surface area contributed by atoms with Gasteiger partial charge in [-0.1, -0.05) is 0 Å². The number of sulfonamides is 1. The number of nitrogens with zero attached hydrogens (tertiary/aromatic N) is 4. The van der Waals surface area contributed by atoms with Gasteiger partial charge in [0.25, 0.3) is 5.91 Å². The molecule has 3 N–H and O–H groups in total. The zero-order valence-corrected chi connectivity index (χ0v) is 17.6. The maximum absolute atomic E-state index is 12.8. The largest absolute Gasteiger partial charge is 0.457 e. The number of carbonyl (C=O) groups excluding carboxylic acids is 1. The highest BCUT2D eigenvalue weighted by Crippen LogP contribution is 2.32. The van der Waals surface area contributed by atoms with Gasteiger partial charge in [0.2, 0.25) is 10.0 Å². The van der Waals surface area contributed by atoms with Crippen molar-refractivity contribution in [2.24, 2.45) is 12.2 Å². The minimum Gasteiger partial charge on any atom is -0.457 e. The molecule has 0 aliphatic rings. The maximum Gasteiger partial charge on any atom is 0.257 e. The molecule has 0 spiro atoms. The molecular weight excluding hydrogens is 420 g/mol. The first-order chi connectivity index (χ1) is 14.7. The van der Waals surface area contributed by atoms with Crippen molar-refractivity contribution in [3.63, 3.8) is 0 Å². The van der Waals surface area contributed by atoms with Gasteiger partial charge in [-0.3, -0.25) is 14.2 Å². The summed E-state index contributed by atoms with van der Waals surface area (Å²) in [6.45, 7) is 2.60. The number of benzene rings is 2. The first-order valence-corrected chi connectivity index (χ1v) is 10.9. The Balaban J connectivity index is 1.70. The van der Waals surface area contributed by atoms with Crippen LogP contribution in [-0.4, -0.2) is 33.9 Å². The number of hydrogen-bond acceptors (Lipinski definition) is 6. The zero-order valence-electron chi connectivity index (χ0n) is 16.8. The number of hydrogen-bond donors (Lipinski definition) is 2. The number of carbonyl (C=O) groups is 1. The number of primary sulfonamides is 1. The van der Waals surface area contributed by atoms with Crippen LogP contribution in [0.25, 0.3) is 10.9 Å². The van der Waals surface area contributed by atoms with E-state index in [1.165, 1.54) is 24.3 Å². The Labute approximate surface area is 178 Å². The van der Waals surface area contributed by atoms with E-state index < -0.39 is 10.0 Å². The third-order valence-corrected chi connectivity index (χ3v) is 5.49. The van der Waals surface area contributed by atoms with E-state index in [9.17, 15) is 13.2 Å². The van der Waals surface area contributed by atoms with E-state index in [4.69, 9.17) is 9.88 Å². The van der Waals surface area contributed by atoms with Crippen molar-refractivity contribution in [1.82, 2.24) is 19.6 Å². The lowest BCUT2D eigenvalue weighted by Crippen LogP contribution is -2.12. The van der Waals surface area contributed by atoms with E-state index >= 15 is 0 Å². The van der Waals surface area contributed by atoms with Gasteiger partial charge in [0.05, 0.1) is 15.8 Å². The van der Waals surface area contributed by atoms with Gasteiger partial charge in [-0.2, -0.15) is 10.2 Å². The number of aryl methyl sites for hydroxylation is 2. The summed E-state index contributed by atoms with van der Waals surface area (Å²) >= 11 is 0. The fourth-order valence-electron chi connectivity index (χ4n) is 3.01. The van der Waals surface area contributed by atoms with Gasteiger partial charge in [-0.25, -0.2) is 13.6 Å². The molecule has 11 heteroatoms. The predicted octanol–water partition coefficient (Wildman–Crippen LogP) is 2.48. The SMILES string of the molecule is CCn1cc2c(Oc3ccc(S(N)(=O)=O)cc3)cc(C(=O)Nc3ccn(C)n3)cc2n1. The molecule has 0 aliphatic carbocycles. The van der Waals surface area contributed by atoms with Crippen LogP contribution in [0.1, 0.15) is 17.3 Å². The smallest absolute Gasteiger partial charge is 0.257 e.